The van der Waals surface area contributed by atoms with Crippen molar-refractivity contribution in [3.8, 4) is 0 Å². The van der Waals surface area contributed by atoms with Gasteiger partial charge in [0.15, 0.2) is 5.78 Å². The first kappa shape index (κ1) is 12.3. The number of ketones is 1. The van der Waals surface area contributed by atoms with Crippen LogP contribution < -0.4 is 5.32 Å². The summed E-state index contributed by atoms with van der Waals surface area (Å²) in [6.45, 7) is 4.90. The van der Waals surface area contributed by atoms with Crippen molar-refractivity contribution in [2.45, 2.75) is 32.4 Å². The van der Waals surface area contributed by atoms with Crippen molar-refractivity contribution in [2.24, 2.45) is 0 Å². The Hall–Kier alpha value is -1.20. The van der Waals surface area contributed by atoms with Crippen LogP contribution in [0.5, 0.6) is 0 Å². The molecule has 0 saturated carbocycles. The first-order valence-electron chi connectivity index (χ1n) is 6.17. The Morgan fingerprint density at radius 3 is 3.00 bits per heavy atom. The molecule has 2 rings (SSSR count). The fraction of sp³-hybridized carbons (Fsp3) is 0.667. The number of ether oxygens (including phenoxy) is 1. The third-order valence-electron chi connectivity index (χ3n) is 3.02. The Labute approximate surface area is 101 Å². The average molecular weight is 237 g/mol. The minimum atomic E-state index is 0.0169. The van der Waals surface area contributed by atoms with Crippen molar-refractivity contribution in [2.75, 3.05) is 19.7 Å². The molecule has 0 unspecified atom stereocenters. The summed E-state index contributed by atoms with van der Waals surface area (Å²) in [5.41, 5.74) is 0.640. The van der Waals surface area contributed by atoms with Crippen LogP contribution in [0, 0.1) is 0 Å². The van der Waals surface area contributed by atoms with E-state index in [1.54, 1.807) is 17.1 Å². The highest BCUT2D eigenvalue weighted by Crippen LogP contribution is 2.08. The molecule has 1 aromatic rings. The van der Waals surface area contributed by atoms with Gasteiger partial charge in [0.25, 0.3) is 0 Å². The number of nitrogens with one attached hydrogen (secondary N) is 1. The molecule has 94 valence electrons. The van der Waals surface area contributed by atoms with Crippen LogP contribution in [-0.4, -0.2) is 41.4 Å². The molecule has 0 spiro atoms. The second-order valence-electron chi connectivity index (χ2n) is 4.27. The molecule has 0 radical (unpaired) electrons. The summed E-state index contributed by atoms with van der Waals surface area (Å²) in [6, 6.07) is 0. The number of Topliss-reactive ketones (excluding diaryl/α,β-unsaturated/α-hetero) is 1. The maximum atomic E-state index is 11.8. The van der Waals surface area contributed by atoms with E-state index in [2.05, 4.69) is 10.4 Å². The van der Waals surface area contributed by atoms with E-state index in [-0.39, 0.29) is 18.5 Å². The van der Waals surface area contributed by atoms with Crippen LogP contribution in [0.15, 0.2) is 12.4 Å². The topological polar surface area (TPSA) is 56.1 Å². The lowest BCUT2D eigenvalue weighted by molar-refractivity contribution is 0.0317. The molecule has 5 heteroatoms. The number of hydrogen-bond acceptors (Lipinski definition) is 4. The zero-order chi connectivity index (χ0) is 12.1. The third kappa shape index (κ3) is 3.38. The second-order valence-corrected chi connectivity index (χ2v) is 4.27. The van der Waals surface area contributed by atoms with Crippen molar-refractivity contribution in [1.82, 2.24) is 15.1 Å². The van der Waals surface area contributed by atoms with Crippen LogP contribution >= 0.6 is 0 Å². The van der Waals surface area contributed by atoms with Gasteiger partial charge in [-0.3, -0.25) is 9.48 Å². The normalized spacial score (nSPS) is 17.2. The van der Waals surface area contributed by atoms with E-state index in [0.717, 1.165) is 32.5 Å². The molecule has 5 nitrogen and oxygen atoms in total. The highest BCUT2D eigenvalue weighted by atomic mass is 16.5. The zero-order valence-corrected chi connectivity index (χ0v) is 10.2. The number of carbonyl (C=O) groups excluding carboxylic acids is 1. The fourth-order valence-corrected chi connectivity index (χ4v) is 1.92. The fourth-order valence-electron chi connectivity index (χ4n) is 1.92. The van der Waals surface area contributed by atoms with Gasteiger partial charge in [-0.2, -0.15) is 5.10 Å². The van der Waals surface area contributed by atoms with Gasteiger partial charge in [-0.1, -0.05) is 0 Å². The molecular formula is C12H19N3O2. The molecule has 1 fully saturated rings. The molecule has 2 heterocycles. The first-order valence-corrected chi connectivity index (χ1v) is 6.17. The van der Waals surface area contributed by atoms with E-state index >= 15 is 0 Å². The lowest BCUT2D eigenvalue weighted by Crippen LogP contribution is -2.33. The number of piperidine rings is 1. The summed E-state index contributed by atoms with van der Waals surface area (Å²) >= 11 is 0. The molecule has 1 aliphatic heterocycles. The molecular weight excluding hydrogens is 218 g/mol. The van der Waals surface area contributed by atoms with E-state index in [0.29, 0.717) is 5.56 Å². The van der Waals surface area contributed by atoms with Gasteiger partial charge in [0.05, 0.1) is 17.9 Å². The van der Waals surface area contributed by atoms with E-state index in [1.807, 2.05) is 6.92 Å². The van der Waals surface area contributed by atoms with Crippen LogP contribution in [0.25, 0.3) is 0 Å². The zero-order valence-electron chi connectivity index (χ0n) is 10.2. The highest BCUT2D eigenvalue weighted by Gasteiger charge is 2.16. The number of hydrogen-bond donors (Lipinski definition) is 1. The average Bonchev–Trinajstić information content (AvgIpc) is 2.86. The number of nitrogens with zero attached hydrogens (tertiary/aromatic N) is 2. The van der Waals surface area contributed by atoms with Gasteiger partial charge in [-0.15, -0.1) is 0 Å². The van der Waals surface area contributed by atoms with Crippen LogP contribution in [0.2, 0.25) is 0 Å². The van der Waals surface area contributed by atoms with Gasteiger partial charge in [-0.05, 0) is 32.9 Å². The van der Waals surface area contributed by atoms with E-state index in [1.165, 1.54) is 0 Å². The van der Waals surface area contributed by atoms with E-state index < -0.39 is 0 Å². The number of rotatable bonds is 5. The molecule has 0 bridgehead atoms. The molecule has 1 aromatic heterocycles. The summed E-state index contributed by atoms with van der Waals surface area (Å²) in [4.78, 5) is 11.8. The smallest absolute Gasteiger partial charge is 0.191 e. The third-order valence-corrected chi connectivity index (χ3v) is 3.02. The Morgan fingerprint density at radius 1 is 1.59 bits per heavy atom. The molecule has 0 aromatic carbocycles. The van der Waals surface area contributed by atoms with Crippen molar-refractivity contribution in [3.63, 3.8) is 0 Å². The minimum absolute atomic E-state index is 0.0169. The number of carbonyl (C=O) groups is 1. The monoisotopic (exact) mass is 237 g/mol. The summed E-state index contributed by atoms with van der Waals surface area (Å²) in [5, 5.41) is 7.35. The van der Waals surface area contributed by atoms with Gasteiger partial charge in [-0.25, -0.2) is 0 Å². The standard InChI is InChI=1S/C12H19N3O2/c1-2-15-8-10(7-14-15)12(16)9-17-11-3-5-13-6-4-11/h7-8,11,13H,2-6,9H2,1H3. The maximum absolute atomic E-state index is 11.8. The number of aromatic nitrogens is 2. The molecule has 0 amide bonds. The van der Waals surface area contributed by atoms with Crippen molar-refractivity contribution in [1.29, 1.82) is 0 Å². The summed E-state index contributed by atoms with van der Waals surface area (Å²) in [6.07, 6.45) is 5.58. The SMILES string of the molecule is CCn1cc(C(=O)COC2CCNCC2)cn1. The van der Waals surface area contributed by atoms with Gasteiger partial charge in [0.2, 0.25) is 0 Å². The van der Waals surface area contributed by atoms with Crippen molar-refractivity contribution >= 4 is 5.78 Å². The lowest BCUT2D eigenvalue weighted by Gasteiger charge is -2.22. The molecule has 0 aliphatic carbocycles. The Bertz CT molecular complexity index is 370. The van der Waals surface area contributed by atoms with Gasteiger partial charge >= 0.3 is 0 Å². The summed E-state index contributed by atoms with van der Waals surface area (Å²) in [5.74, 6) is 0.0169. The van der Waals surface area contributed by atoms with Gasteiger partial charge in [0.1, 0.15) is 6.61 Å². The summed E-state index contributed by atoms with van der Waals surface area (Å²) < 4.78 is 7.36. The first-order chi connectivity index (χ1) is 8.29. The van der Waals surface area contributed by atoms with Crippen LogP contribution in [0.1, 0.15) is 30.1 Å². The van der Waals surface area contributed by atoms with E-state index in [9.17, 15) is 4.79 Å². The van der Waals surface area contributed by atoms with Gasteiger partial charge < -0.3 is 10.1 Å². The van der Waals surface area contributed by atoms with Crippen LogP contribution in [0.4, 0.5) is 0 Å². The van der Waals surface area contributed by atoms with Crippen molar-refractivity contribution in [3.05, 3.63) is 18.0 Å². The Morgan fingerprint density at radius 2 is 2.35 bits per heavy atom. The summed E-state index contributed by atoms with van der Waals surface area (Å²) in [7, 11) is 0. The lowest BCUT2D eigenvalue weighted by atomic mass is 10.1. The maximum Gasteiger partial charge on any atom is 0.191 e. The van der Waals surface area contributed by atoms with Crippen molar-refractivity contribution < 1.29 is 9.53 Å². The Balaban J connectivity index is 1.80. The predicted octanol–water partition coefficient (Wildman–Crippen LogP) is 0.854. The Kier molecular flexibility index (Phi) is 4.28. The molecule has 1 saturated heterocycles. The molecule has 1 aliphatic rings. The van der Waals surface area contributed by atoms with Crippen LogP contribution in [0.3, 0.4) is 0 Å². The van der Waals surface area contributed by atoms with Crippen LogP contribution in [-0.2, 0) is 11.3 Å². The minimum Gasteiger partial charge on any atom is -0.370 e. The molecule has 0 atom stereocenters. The second kappa shape index (κ2) is 5.93. The highest BCUT2D eigenvalue weighted by molar-refractivity contribution is 5.96. The van der Waals surface area contributed by atoms with Gasteiger partial charge in [0, 0.05) is 12.7 Å². The van der Waals surface area contributed by atoms with E-state index in [4.69, 9.17) is 4.74 Å². The quantitative estimate of drug-likeness (QED) is 0.771. The predicted molar refractivity (Wildman–Crippen MR) is 64.1 cm³/mol. The number of aryl methyl sites for hydroxylation is 1. The molecule has 1 N–H and O–H groups in total. The molecule has 17 heavy (non-hydrogen) atoms. The largest absolute Gasteiger partial charge is 0.370 e.